The van der Waals surface area contributed by atoms with Crippen molar-refractivity contribution in [2.24, 2.45) is 0 Å². The van der Waals surface area contributed by atoms with Crippen molar-refractivity contribution in [2.75, 3.05) is 18.6 Å². The number of hydrogen-bond acceptors (Lipinski definition) is 5. The molecular weight excluding hydrogens is 216 g/mol. The highest BCUT2D eigenvalue weighted by molar-refractivity contribution is 5.74. The lowest BCUT2D eigenvalue weighted by atomic mass is 10.1. The molecule has 5 nitrogen and oxygen atoms in total. The van der Waals surface area contributed by atoms with Crippen LogP contribution in [0.2, 0.25) is 0 Å². The Morgan fingerprint density at radius 2 is 1.82 bits per heavy atom. The second-order valence-corrected chi connectivity index (χ2v) is 4.63. The van der Waals surface area contributed by atoms with Gasteiger partial charge in [-0.25, -0.2) is 4.98 Å². The van der Waals surface area contributed by atoms with Gasteiger partial charge in [-0.3, -0.25) is 0 Å². The van der Waals surface area contributed by atoms with E-state index < -0.39 is 5.54 Å². The minimum atomic E-state index is -0.413. The Morgan fingerprint density at radius 3 is 2.47 bits per heavy atom. The summed E-state index contributed by atoms with van der Waals surface area (Å²) < 4.78 is 0. The van der Waals surface area contributed by atoms with Crippen LogP contribution in [0.1, 0.15) is 13.8 Å². The summed E-state index contributed by atoms with van der Waals surface area (Å²) >= 11 is 0. The average Bonchev–Trinajstić information content (AvgIpc) is 2.37. The number of hydrogen-bond donors (Lipinski definition) is 1. The van der Waals surface area contributed by atoms with Gasteiger partial charge in [0.15, 0.2) is 0 Å². The third-order valence-corrected chi connectivity index (χ3v) is 2.94. The Kier molecular flexibility index (Phi) is 2.93. The standard InChI is InChI=1S/C12H16N4O/c1-12(2,8-17)16(3)11-13-9-6-4-5-7-10(9)14-15-11/h4-7,17H,8H2,1-3H3. The second kappa shape index (κ2) is 4.25. The van der Waals surface area contributed by atoms with Crippen LogP contribution in [0.3, 0.4) is 0 Å². The Balaban J connectivity index is 2.43. The molecule has 0 aliphatic carbocycles. The summed E-state index contributed by atoms with van der Waals surface area (Å²) in [6.45, 7) is 3.87. The van der Waals surface area contributed by atoms with Gasteiger partial charge in [0, 0.05) is 7.05 Å². The van der Waals surface area contributed by atoms with E-state index in [1.165, 1.54) is 0 Å². The van der Waals surface area contributed by atoms with E-state index in [1.54, 1.807) is 0 Å². The number of aliphatic hydroxyl groups is 1. The van der Waals surface area contributed by atoms with Gasteiger partial charge in [-0.05, 0) is 26.0 Å². The maximum atomic E-state index is 9.32. The molecule has 90 valence electrons. The molecule has 0 saturated heterocycles. The van der Waals surface area contributed by atoms with Crippen molar-refractivity contribution < 1.29 is 5.11 Å². The van der Waals surface area contributed by atoms with Gasteiger partial charge in [0.2, 0.25) is 5.95 Å². The van der Waals surface area contributed by atoms with Gasteiger partial charge >= 0.3 is 0 Å². The number of fused-ring (bicyclic) bond motifs is 1. The molecule has 2 aromatic rings. The van der Waals surface area contributed by atoms with Crippen molar-refractivity contribution >= 4 is 17.0 Å². The van der Waals surface area contributed by atoms with E-state index in [0.29, 0.717) is 5.95 Å². The van der Waals surface area contributed by atoms with Gasteiger partial charge in [-0.15, -0.1) is 10.2 Å². The number of benzene rings is 1. The van der Waals surface area contributed by atoms with Gasteiger partial charge in [-0.2, -0.15) is 0 Å². The lowest BCUT2D eigenvalue weighted by Crippen LogP contribution is -2.45. The van der Waals surface area contributed by atoms with Crippen molar-refractivity contribution in [1.82, 2.24) is 15.2 Å². The molecule has 0 atom stereocenters. The zero-order valence-electron chi connectivity index (χ0n) is 10.3. The van der Waals surface area contributed by atoms with Crippen LogP contribution >= 0.6 is 0 Å². The fraction of sp³-hybridized carbons (Fsp3) is 0.417. The number of rotatable bonds is 3. The van der Waals surface area contributed by atoms with E-state index in [2.05, 4.69) is 15.2 Å². The fourth-order valence-corrected chi connectivity index (χ4v) is 1.39. The molecule has 1 aromatic heterocycles. The Hall–Kier alpha value is -1.75. The molecule has 0 saturated carbocycles. The van der Waals surface area contributed by atoms with E-state index in [1.807, 2.05) is 50.1 Å². The summed E-state index contributed by atoms with van der Waals surface area (Å²) in [4.78, 5) is 6.26. The molecule has 0 aliphatic rings. The molecule has 0 aliphatic heterocycles. The number of para-hydroxylation sites is 1. The molecule has 1 aromatic carbocycles. The normalized spacial score (nSPS) is 11.8. The monoisotopic (exact) mass is 232 g/mol. The first-order valence-corrected chi connectivity index (χ1v) is 5.49. The highest BCUT2D eigenvalue weighted by Crippen LogP contribution is 2.18. The Bertz CT molecular complexity index is 527. The minimum absolute atomic E-state index is 0.0275. The van der Waals surface area contributed by atoms with Gasteiger partial charge in [0.25, 0.3) is 0 Å². The molecular formula is C12H16N4O. The zero-order valence-corrected chi connectivity index (χ0v) is 10.3. The molecule has 0 amide bonds. The molecule has 0 bridgehead atoms. The smallest absolute Gasteiger partial charge is 0.246 e. The van der Waals surface area contributed by atoms with Crippen molar-refractivity contribution in [3.8, 4) is 0 Å². The molecule has 2 rings (SSSR count). The summed E-state index contributed by atoms with van der Waals surface area (Å²) in [5.74, 6) is 0.516. The first kappa shape index (κ1) is 11.7. The van der Waals surface area contributed by atoms with Crippen molar-refractivity contribution in [2.45, 2.75) is 19.4 Å². The van der Waals surface area contributed by atoms with Gasteiger partial charge < -0.3 is 10.0 Å². The topological polar surface area (TPSA) is 62.1 Å². The SMILES string of the molecule is CN(c1nnc2ccccc2n1)C(C)(C)CO. The predicted molar refractivity (Wildman–Crippen MR) is 66.9 cm³/mol. The maximum absolute atomic E-state index is 9.32. The summed E-state index contributed by atoms with van der Waals surface area (Å²) in [7, 11) is 1.85. The number of aliphatic hydroxyl groups excluding tert-OH is 1. The first-order chi connectivity index (χ1) is 8.04. The number of nitrogens with zero attached hydrogens (tertiary/aromatic N) is 4. The fourth-order valence-electron chi connectivity index (χ4n) is 1.39. The summed E-state index contributed by atoms with van der Waals surface area (Å²) in [6.07, 6.45) is 0. The third-order valence-electron chi connectivity index (χ3n) is 2.94. The summed E-state index contributed by atoms with van der Waals surface area (Å²) in [5, 5.41) is 17.5. The third kappa shape index (κ3) is 2.19. The largest absolute Gasteiger partial charge is 0.394 e. The van der Waals surface area contributed by atoms with Gasteiger partial charge in [0.1, 0.15) is 5.52 Å². The molecule has 0 fully saturated rings. The highest BCUT2D eigenvalue weighted by atomic mass is 16.3. The van der Waals surface area contributed by atoms with Crippen LogP contribution in [-0.4, -0.2) is 39.5 Å². The van der Waals surface area contributed by atoms with E-state index in [9.17, 15) is 5.11 Å². The lowest BCUT2D eigenvalue weighted by Gasteiger charge is -2.33. The van der Waals surface area contributed by atoms with Crippen LogP contribution < -0.4 is 4.90 Å². The summed E-state index contributed by atoms with van der Waals surface area (Å²) in [5.41, 5.74) is 1.16. The maximum Gasteiger partial charge on any atom is 0.246 e. The summed E-state index contributed by atoms with van der Waals surface area (Å²) in [6, 6.07) is 7.58. The van der Waals surface area contributed by atoms with Crippen LogP contribution in [0.15, 0.2) is 24.3 Å². The van der Waals surface area contributed by atoms with Crippen LogP contribution in [0.5, 0.6) is 0 Å². The van der Waals surface area contributed by atoms with Crippen LogP contribution in [0, 0.1) is 0 Å². The van der Waals surface area contributed by atoms with Crippen molar-refractivity contribution in [3.05, 3.63) is 24.3 Å². The van der Waals surface area contributed by atoms with E-state index in [4.69, 9.17) is 0 Å². The number of anilines is 1. The highest BCUT2D eigenvalue weighted by Gasteiger charge is 2.25. The first-order valence-electron chi connectivity index (χ1n) is 5.49. The van der Waals surface area contributed by atoms with Crippen LogP contribution in [0.25, 0.3) is 11.0 Å². The molecule has 0 spiro atoms. The number of likely N-dealkylation sites (N-methyl/N-ethyl adjacent to an activating group) is 1. The van der Waals surface area contributed by atoms with Crippen LogP contribution in [-0.2, 0) is 0 Å². The van der Waals surface area contributed by atoms with E-state index in [0.717, 1.165) is 11.0 Å². The Labute approximate surface area is 100 Å². The van der Waals surface area contributed by atoms with E-state index >= 15 is 0 Å². The molecule has 1 heterocycles. The van der Waals surface area contributed by atoms with Gasteiger partial charge in [-0.1, -0.05) is 12.1 Å². The minimum Gasteiger partial charge on any atom is -0.394 e. The van der Waals surface area contributed by atoms with Crippen molar-refractivity contribution in [3.63, 3.8) is 0 Å². The Morgan fingerprint density at radius 1 is 1.18 bits per heavy atom. The second-order valence-electron chi connectivity index (χ2n) is 4.63. The quantitative estimate of drug-likeness (QED) is 0.862. The number of aromatic nitrogens is 3. The van der Waals surface area contributed by atoms with Gasteiger partial charge in [0.05, 0.1) is 17.7 Å². The van der Waals surface area contributed by atoms with Crippen molar-refractivity contribution in [1.29, 1.82) is 0 Å². The lowest BCUT2D eigenvalue weighted by molar-refractivity contribution is 0.215. The predicted octanol–water partition coefficient (Wildman–Crippen LogP) is 1.23. The zero-order chi connectivity index (χ0) is 12.5. The molecule has 0 unspecified atom stereocenters. The molecule has 0 radical (unpaired) electrons. The molecule has 5 heteroatoms. The van der Waals surface area contributed by atoms with E-state index in [-0.39, 0.29) is 6.61 Å². The average molecular weight is 232 g/mol. The molecule has 17 heavy (non-hydrogen) atoms. The molecule has 1 N–H and O–H groups in total. The van der Waals surface area contributed by atoms with Crippen LogP contribution in [0.4, 0.5) is 5.95 Å².